The van der Waals surface area contributed by atoms with Gasteiger partial charge in [0.1, 0.15) is 5.75 Å². The monoisotopic (exact) mass is 263 g/mol. The molecule has 0 bridgehead atoms. The third-order valence-corrected chi connectivity index (χ3v) is 4.00. The van der Waals surface area contributed by atoms with Crippen LogP contribution in [0.2, 0.25) is 0 Å². The molecule has 0 amide bonds. The lowest BCUT2D eigenvalue weighted by Crippen LogP contribution is -2.21. The van der Waals surface area contributed by atoms with E-state index in [2.05, 4.69) is 17.9 Å². The first-order valence-corrected chi connectivity index (χ1v) is 7.27. The summed E-state index contributed by atoms with van der Waals surface area (Å²) in [5, 5.41) is 10.0. The maximum atomic E-state index is 10.0. The van der Waals surface area contributed by atoms with E-state index in [-0.39, 0.29) is 0 Å². The Bertz CT molecular complexity index is 417. The predicted octanol–water partition coefficient (Wildman–Crippen LogP) is 3.37. The molecule has 2 rings (SSSR count). The maximum Gasteiger partial charge on any atom is 0.126 e. The molecule has 2 atom stereocenters. The molecule has 1 N–H and O–H groups in total. The summed E-state index contributed by atoms with van der Waals surface area (Å²) in [5.41, 5.74) is 2.05. The Morgan fingerprint density at radius 1 is 1.47 bits per heavy atom. The first kappa shape index (κ1) is 14.2. The third-order valence-electron chi connectivity index (χ3n) is 4.00. The SMILES string of the molecule is CCCC1CCN(c2cccc(OC)c2C(C)O)C1. The van der Waals surface area contributed by atoms with Crippen LogP contribution in [0.4, 0.5) is 5.69 Å². The summed E-state index contributed by atoms with van der Waals surface area (Å²) < 4.78 is 5.39. The number of aliphatic hydroxyl groups is 1. The Morgan fingerprint density at radius 2 is 2.26 bits per heavy atom. The fourth-order valence-corrected chi connectivity index (χ4v) is 3.10. The van der Waals surface area contributed by atoms with Crippen LogP contribution in [0.5, 0.6) is 5.75 Å². The van der Waals surface area contributed by atoms with Crippen molar-refractivity contribution in [1.82, 2.24) is 0 Å². The van der Waals surface area contributed by atoms with E-state index < -0.39 is 6.10 Å². The molecule has 1 saturated heterocycles. The van der Waals surface area contributed by atoms with Crippen LogP contribution in [-0.2, 0) is 0 Å². The lowest BCUT2D eigenvalue weighted by atomic mass is 10.0. The zero-order valence-electron chi connectivity index (χ0n) is 12.2. The number of benzene rings is 1. The average Bonchev–Trinajstić information content (AvgIpc) is 2.86. The largest absolute Gasteiger partial charge is 0.496 e. The van der Waals surface area contributed by atoms with Gasteiger partial charge in [0.15, 0.2) is 0 Å². The van der Waals surface area contributed by atoms with Crippen LogP contribution < -0.4 is 9.64 Å². The number of nitrogens with zero attached hydrogens (tertiary/aromatic N) is 1. The molecule has 106 valence electrons. The summed E-state index contributed by atoms with van der Waals surface area (Å²) in [7, 11) is 1.66. The fourth-order valence-electron chi connectivity index (χ4n) is 3.10. The first-order chi connectivity index (χ1) is 9.17. The van der Waals surface area contributed by atoms with E-state index in [9.17, 15) is 5.11 Å². The fraction of sp³-hybridized carbons (Fsp3) is 0.625. The van der Waals surface area contributed by atoms with Gasteiger partial charge in [-0.3, -0.25) is 0 Å². The number of rotatable bonds is 5. The van der Waals surface area contributed by atoms with Crippen molar-refractivity contribution in [2.75, 3.05) is 25.1 Å². The molecule has 0 aromatic heterocycles. The number of ether oxygens (including phenoxy) is 1. The molecule has 1 aliphatic heterocycles. The van der Waals surface area contributed by atoms with Crippen LogP contribution >= 0.6 is 0 Å². The van der Waals surface area contributed by atoms with E-state index in [0.717, 1.165) is 36.0 Å². The highest BCUT2D eigenvalue weighted by Gasteiger charge is 2.25. The minimum absolute atomic E-state index is 0.503. The van der Waals surface area contributed by atoms with E-state index in [4.69, 9.17) is 4.74 Å². The molecular formula is C16H25NO2. The molecular weight excluding hydrogens is 238 g/mol. The topological polar surface area (TPSA) is 32.7 Å². The Morgan fingerprint density at radius 3 is 2.89 bits per heavy atom. The predicted molar refractivity (Wildman–Crippen MR) is 78.9 cm³/mol. The molecule has 3 heteroatoms. The highest BCUT2D eigenvalue weighted by atomic mass is 16.5. The highest BCUT2D eigenvalue weighted by Crippen LogP contribution is 2.37. The maximum absolute atomic E-state index is 10.0. The summed E-state index contributed by atoms with van der Waals surface area (Å²) in [6, 6.07) is 6.03. The van der Waals surface area contributed by atoms with Gasteiger partial charge >= 0.3 is 0 Å². The summed E-state index contributed by atoms with van der Waals surface area (Å²) >= 11 is 0. The molecule has 0 saturated carbocycles. The number of methoxy groups -OCH3 is 1. The van der Waals surface area contributed by atoms with E-state index in [1.165, 1.54) is 19.3 Å². The normalized spacial score (nSPS) is 20.6. The van der Waals surface area contributed by atoms with Gasteiger partial charge in [0.25, 0.3) is 0 Å². The Balaban J connectivity index is 2.25. The van der Waals surface area contributed by atoms with Gasteiger partial charge in [-0.15, -0.1) is 0 Å². The Hall–Kier alpha value is -1.22. The number of aliphatic hydroxyl groups excluding tert-OH is 1. The molecule has 0 spiro atoms. The molecule has 1 fully saturated rings. The van der Waals surface area contributed by atoms with E-state index >= 15 is 0 Å². The van der Waals surface area contributed by atoms with Gasteiger partial charge in [-0.2, -0.15) is 0 Å². The van der Waals surface area contributed by atoms with Crippen LogP contribution in [-0.4, -0.2) is 25.3 Å². The van der Waals surface area contributed by atoms with Crippen molar-refractivity contribution < 1.29 is 9.84 Å². The average molecular weight is 263 g/mol. The van der Waals surface area contributed by atoms with Gasteiger partial charge in [-0.1, -0.05) is 19.4 Å². The van der Waals surface area contributed by atoms with Gasteiger partial charge in [0, 0.05) is 24.3 Å². The van der Waals surface area contributed by atoms with Gasteiger partial charge in [-0.05, 0) is 37.8 Å². The lowest BCUT2D eigenvalue weighted by molar-refractivity contribution is 0.194. The van der Waals surface area contributed by atoms with Crippen LogP contribution in [0, 0.1) is 5.92 Å². The molecule has 1 heterocycles. The minimum Gasteiger partial charge on any atom is -0.496 e. The molecule has 1 aromatic carbocycles. The van der Waals surface area contributed by atoms with Gasteiger partial charge < -0.3 is 14.7 Å². The van der Waals surface area contributed by atoms with Crippen LogP contribution in [0.15, 0.2) is 18.2 Å². The second-order valence-corrected chi connectivity index (χ2v) is 5.46. The summed E-state index contributed by atoms with van der Waals surface area (Å²) in [6.45, 7) is 6.23. The van der Waals surface area contributed by atoms with Gasteiger partial charge in [0.2, 0.25) is 0 Å². The van der Waals surface area contributed by atoms with Crippen molar-refractivity contribution in [3.63, 3.8) is 0 Å². The molecule has 3 nitrogen and oxygen atoms in total. The molecule has 0 radical (unpaired) electrons. The standard InChI is InChI=1S/C16H25NO2/c1-4-6-13-9-10-17(11-13)14-7-5-8-15(19-3)16(14)12(2)18/h5,7-8,12-13,18H,4,6,9-11H2,1-3H3. The smallest absolute Gasteiger partial charge is 0.126 e. The lowest BCUT2D eigenvalue weighted by Gasteiger charge is -2.25. The summed E-state index contributed by atoms with van der Waals surface area (Å²) in [6.07, 6.45) is 3.30. The van der Waals surface area contributed by atoms with Crippen molar-refractivity contribution in [1.29, 1.82) is 0 Å². The zero-order chi connectivity index (χ0) is 13.8. The van der Waals surface area contributed by atoms with Crippen molar-refractivity contribution in [2.24, 2.45) is 5.92 Å². The molecule has 1 aromatic rings. The highest BCUT2D eigenvalue weighted by molar-refractivity contribution is 5.61. The van der Waals surface area contributed by atoms with Crippen molar-refractivity contribution >= 4 is 5.69 Å². The van der Waals surface area contributed by atoms with Crippen LogP contribution in [0.3, 0.4) is 0 Å². The number of hydrogen-bond donors (Lipinski definition) is 1. The molecule has 0 aliphatic carbocycles. The van der Waals surface area contributed by atoms with Crippen molar-refractivity contribution in [3.05, 3.63) is 23.8 Å². The Labute approximate surface area is 116 Å². The van der Waals surface area contributed by atoms with Crippen LogP contribution in [0.25, 0.3) is 0 Å². The van der Waals surface area contributed by atoms with Gasteiger partial charge in [-0.25, -0.2) is 0 Å². The second kappa shape index (κ2) is 6.29. The van der Waals surface area contributed by atoms with Crippen LogP contribution in [0.1, 0.15) is 44.8 Å². The quantitative estimate of drug-likeness (QED) is 0.884. The summed E-state index contributed by atoms with van der Waals surface area (Å²) in [5.74, 6) is 1.57. The molecule has 1 aliphatic rings. The van der Waals surface area contributed by atoms with Gasteiger partial charge in [0.05, 0.1) is 13.2 Å². The first-order valence-electron chi connectivity index (χ1n) is 7.27. The second-order valence-electron chi connectivity index (χ2n) is 5.46. The minimum atomic E-state index is -0.503. The number of hydrogen-bond acceptors (Lipinski definition) is 3. The van der Waals surface area contributed by atoms with Crippen molar-refractivity contribution in [2.45, 2.75) is 39.2 Å². The molecule has 19 heavy (non-hydrogen) atoms. The third kappa shape index (κ3) is 3.03. The van der Waals surface area contributed by atoms with E-state index in [0.29, 0.717) is 0 Å². The van der Waals surface area contributed by atoms with E-state index in [1.807, 2.05) is 12.1 Å². The van der Waals surface area contributed by atoms with Crippen molar-refractivity contribution in [3.8, 4) is 5.75 Å². The molecule has 2 unspecified atom stereocenters. The number of anilines is 1. The van der Waals surface area contributed by atoms with E-state index in [1.54, 1.807) is 14.0 Å². The zero-order valence-corrected chi connectivity index (χ0v) is 12.2. The Kier molecular flexibility index (Phi) is 4.70. The summed E-state index contributed by atoms with van der Waals surface area (Å²) in [4.78, 5) is 2.39.